The summed E-state index contributed by atoms with van der Waals surface area (Å²) in [5.41, 5.74) is 5.37. The lowest BCUT2D eigenvalue weighted by Gasteiger charge is -2.25. The van der Waals surface area contributed by atoms with E-state index in [4.69, 9.17) is 14.8 Å². The van der Waals surface area contributed by atoms with E-state index < -0.39 is 20.0 Å². The highest BCUT2D eigenvalue weighted by atomic mass is 31.2. The van der Waals surface area contributed by atoms with Crippen molar-refractivity contribution < 1.29 is 28.4 Å². The molecule has 302 valence electrons. The van der Waals surface area contributed by atoms with Gasteiger partial charge in [-0.05, 0) is 38.5 Å². The van der Waals surface area contributed by atoms with E-state index in [1.165, 1.54) is 96.3 Å². The molecule has 0 aromatic heterocycles. The van der Waals surface area contributed by atoms with E-state index in [2.05, 4.69) is 67.8 Å². The second kappa shape index (κ2) is 38.9. The van der Waals surface area contributed by atoms with Gasteiger partial charge in [-0.3, -0.25) is 13.8 Å². The number of hydrogen-bond donors (Lipinski definition) is 4. The maximum atomic E-state index is 12.7. The lowest BCUT2D eigenvalue weighted by Crippen LogP contribution is -2.46. The highest BCUT2D eigenvalue weighted by molar-refractivity contribution is 7.47. The van der Waals surface area contributed by atoms with Gasteiger partial charge in [0.1, 0.15) is 0 Å². The van der Waals surface area contributed by atoms with Crippen LogP contribution >= 0.6 is 7.82 Å². The summed E-state index contributed by atoms with van der Waals surface area (Å²) in [6.07, 6.45) is 48.3. The molecule has 0 aliphatic carbocycles. The number of nitrogens with two attached hydrogens (primary N) is 1. The van der Waals surface area contributed by atoms with Crippen LogP contribution in [-0.4, -0.2) is 47.8 Å². The van der Waals surface area contributed by atoms with Crippen molar-refractivity contribution in [3.05, 3.63) is 60.8 Å². The molecule has 52 heavy (non-hydrogen) atoms. The molecule has 0 saturated carbocycles. The van der Waals surface area contributed by atoms with E-state index in [0.29, 0.717) is 12.8 Å². The zero-order valence-corrected chi connectivity index (χ0v) is 34.2. The lowest BCUT2D eigenvalue weighted by atomic mass is 10.0. The number of amides is 1. The minimum atomic E-state index is -4.34. The Bertz CT molecular complexity index is 996. The van der Waals surface area contributed by atoms with E-state index in [1.54, 1.807) is 6.08 Å². The van der Waals surface area contributed by atoms with Crippen molar-refractivity contribution in [2.45, 2.75) is 187 Å². The standard InChI is InChI=1S/C43H79N2O6P/c1-3-5-7-9-11-13-15-17-19-20-21-23-24-26-28-30-32-34-36-42(46)41(40-51-52(48,49)50-39-38-44)45-43(47)37-35-33-31-29-27-25-22-18-16-14-12-10-8-6-4-2/h6,8,12,14,18,22,27,29,33,35,41-42,46H,3-5,7,9-11,13,15-17,19-21,23-26,28,30-32,34,36-40,44H2,1-2H3,(H,45,47)(H,48,49)/b8-6-,14-12-,22-18-,29-27-,35-33-. The molecule has 0 aromatic carbocycles. The Labute approximate surface area is 319 Å². The van der Waals surface area contributed by atoms with Gasteiger partial charge in [0.25, 0.3) is 0 Å². The first kappa shape index (κ1) is 50.2. The molecule has 8 nitrogen and oxygen atoms in total. The van der Waals surface area contributed by atoms with Crippen LogP contribution in [0, 0.1) is 0 Å². The number of carbonyl (C=O) groups is 1. The number of rotatable bonds is 38. The van der Waals surface area contributed by atoms with Gasteiger partial charge in [-0.25, -0.2) is 4.57 Å². The number of allylic oxidation sites excluding steroid dienone is 9. The molecule has 3 atom stereocenters. The molecule has 0 fully saturated rings. The third kappa shape index (κ3) is 36.6. The van der Waals surface area contributed by atoms with Gasteiger partial charge in [-0.2, -0.15) is 0 Å². The third-order valence-electron chi connectivity index (χ3n) is 8.91. The molecule has 0 spiro atoms. The molecule has 0 bridgehead atoms. The Morgan fingerprint density at radius 1 is 0.635 bits per heavy atom. The van der Waals surface area contributed by atoms with E-state index >= 15 is 0 Å². The molecule has 0 aliphatic rings. The first-order chi connectivity index (χ1) is 25.4. The Kier molecular flexibility index (Phi) is 37.6. The Balaban J connectivity index is 4.31. The summed E-state index contributed by atoms with van der Waals surface area (Å²) >= 11 is 0. The first-order valence-corrected chi connectivity index (χ1v) is 22.4. The Hall–Kier alpha value is -1.80. The Morgan fingerprint density at radius 3 is 1.46 bits per heavy atom. The van der Waals surface area contributed by atoms with Crippen molar-refractivity contribution in [3.8, 4) is 0 Å². The minimum absolute atomic E-state index is 0.0727. The maximum absolute atomic E-state index is 12.7. The summed E-state index contributed by atoms with van der Waals surface area (Å²) in [4.78, 5) is 22.6. The molecule has 9 heteroatoms. The van der Waals surface area contributed by atoms with Crippen LogP contribution in [0.15, 0.2) is 60.8 Å². The average Bonchev–Trinajstić information content (AvgIpc) is 3.13. The van der Waals surface area contributed by atoms with Gasteiger partial charge in [0.2, 0.25) is 5.91 Å². The Morgan fingerprint density at radius 2 is 1.04 bits per heavy atom. The second-order valence-corrected chi connectivity index (χ2v) is 15.3. The first-order valence-electron chi connectivity index (χ1n) is 20.9. The smallest absolute Gasteiger partial charge is 0.391 e. The summed E-state index contributed by atoms with van der Waals surface area (Å²) in [6, 6.07) is -0.831. The normalized spacial score (nSPS) is 14.8. The number of aliphatic hydroxyl groups is 1. The van der Waals surface area contributed by atoms with Gasteiger partial charge >= 0.3 is 7.82 Å². The predicted molar refractivity (Wildman–Crippen MR) is 221 cm³/mol. The quantitative estimate of drug-likeness (QED) is 0.0281. The van der Waals surface area contributed by atoms with E-state index in [9.17, 15) is 19.4 Å². The van der Waals surface area contributed by atoms with Gasteiger partial charge in [0.15, 0.2) is 0 Å². The van der Waals surface area contributed by atoms with Crippen LogP contribution in [0.1, 0.15) is 174 Å². The number of phosphoric acid groups is 1. The molecule has 0 radical (unpaired) electrons. The van der Waals surface area contributed by atoms with Crippen LogP contribution in [0.5, 0.6) is 0 Å². The minimum Gasteiger partial charge on any atom is -0.391 e. The number of aliphatic hydroxyl groups excluding tert-OH is 1. The predicted octanol–water partition coefficient (Wildman–Crippen LogP) is 11.5. The fourth-order valence-electron chi connectivity index (χ4n) is 5.79. The van der Waals surface area contributed by atoms with Crippen molar-refractivity contribution >= 4 is 13.7 Å². The van der Waals surface area contributed by atoms with Crippen molar-refractivity contribution in [2.24, 2.45) is 5.73 Å². The summed E-state index contributed by atoms with van der Waals surface area (Å²) in [6.45, 7) is 4.01. The van der Waals surface area contributed by atoms with Gasteiger partial charge < -0.3 is 21.1 Å². The maximum Gasteiger partial charge on any atom is 0.472 e. The number of hydrogen-bond acceptors (Lipinski definition) is 6. The van der Waals surface area contributed by atoms with Gasteiger partial charge in [-0.1, -0.05) is 190 Å². The number of phosphoric ester groups is 1. The van der Waals surface area contributed by atoms with Crippen LogP contribution in [0.2, 0.25) is 0 Å². The van der Waals surface area contributed by atoms with Crippen molar-refractivity contribution in [2.75, 3.05) is 19.8 Å². The van der Waals surface area contributed by atoms with E-state index in [1.807, 2.05) is 6.08 Å². The third-order valence-corrected chi connectivity index (χ3v) is 9.90. The van der Waals surface area contributed by atoms with Gasteiger partial charge in [-0.15, -0.1) is 0 Å². The van der Waals surface area contributed by atoms with Crippen LogP contribution in [0.3, 0.4) is 0 Å². The molecular weight excluding hydrogens is 671 g/mol. The second-order valence-electron chi connectivity index (χ2n) is 13.8. The van der Waals surface area contributed by atoms with Crippen LogP contribution in [-0.2, 0) is 18.4 Å². The van der Waals surface area contributed by atoms with Crippen LogP contribution in [0.25, 0.3) is 0 Å². The number of nitrogens with one attached hydrogen (secondary N) is 1. The van der Waals surface area contributed by atoms with E-state index in [0.717, 1.165) is 44.9 Å². The molecule has 0 heterocycles. The zero-order valence-electron chi connectivity index (χ0n) is 33.3. The molecular formula is C43H79N2O6P. The summed E-state index contributed by atoms with van der Waals surface area (Å²) in [5, 5.41) is 13.7. The molecule has 0 aliphatic heterocycles. The van der Waals surface area contributed by atoms with Crippen molar-refractivity contribution in [3.63, 3.8) is 0 Å². The monoisotopic (exact) mass is 751 g/mol. The average molecular weight is 751 g/mol. The molecule has 1 amide bonds. The molecule has 0 saturated heterocycles. The summed E-state index contributed by atoms with van der Waals surface area (Å²) in [5.74, 6) is -0.289. The molecule has 0 rings (SSSR count). The fraction of sp³-hybridized carbons (Fsp3) is 0.744. The van der Waals surface area contributed by atoms with Crippen LogP contribution in [0.4, 0.5) is 0 Å². The van der Waals surface area contributed by atoms with E-state index in [-0.39, 0.29) is 32.1 Å². The summed E-state index contributed by atoms with van der Waals surface area (Å²) in [7, 11) is -4.34. The molecule has 3 unspecified atom stereocenters. The fourth-order valence-corrected chi connectivity index (χ4v) is 6.55. The SMILES string of the molecule is CC/C=C\C/C=C\C/C=C\C/C=C\C/C=C\CC(=O)NC(COP(=O)(O)OCCN)C(O)CCCCCCCCCCCCCCCCCCCC. The molecule has 5 N–H and O–H groups in total. The zero-order chi connectivity index (χ0) is 38.2. The lowest BCUT2D eigenvalue weighted by molar-refractivity contribution is -0.122. The number of unbranched alkanes of at least 4 members (excludes halogenated alkanes) is 17. The largest absolute Gasteiger partial charge is 0.472 e. The van der Waals surface area contributed by atoms with Crippen molar-refractivity contribution in [1.82, 2.24) is 5.32 Å². The van der Waals surface area contributed by atoms with Crippen LogP contribution < -0.4 is 11.1 Å². The van der Waals surface area contributed by atoms with Gasteiger partial charge in [0.05, 0.1) is 25.4 Å². The van der Waals surface area contributed by atoms with Crippen molar-refractivity contribution in [1.29, 1.82) is 0 Å². The van der Waals surface area contributed by atoms with Gasteiger partial charge in [0, 0.05) is 13.0 Å². The molecule has 0 aromatic rings. The highest BCUT2D eigenvalue weighted by Gasteiger charge is 2.27. The highest BCUT2D eigenvalue weighted by Crippen LogP contribution is 2.43. The summed E-state index contributed by atoms with van der Waals surface area (Å²) < 4.78 is 22.1. The number of carbonyl (C=O) groups excluding carboxylic acids is 1. The topological polar surface area (TPSA) is 131 Å².